The third kappa shape index (κ3) is 4.55. The molecule has 1 atom stereocenters. The minimum atomic E-state index is -0.515. The minimum absolute atomic E-state index is 0.000767. The second-order valence-electron chi connectivity index (χ2n) is 6.58. The second-order valence-corrected chi connectivity index (χ2v) is 6.58. The van der Waals surface area contributed by atoms with Crippen molar-refractivity contribution in [3.05, 3.63) is 35.4 Å². The van der Waals surface area contributed by atoms with Crippen LogP contribution in [0.3, 0.4) is 0 Å². The van der Waals surface area contributed by atoms with E-state index in [-0.39, 0.29) is 11.9 Å². The lowest BCUT2D eigenvalue weighted by atomic mass is 10.1. The molecule has 1 aliphatic rings. The normalized spacial score (nSPS) is 17.0. The highest BCUT2D eigenvalue weighted by Crippen LogP contribution is 2.16. The molecule has 0 bridgehead atoms. The van der Waals surface area contributed by atoms with Crippen LogP contribution in [0.2, 0.25) is 0 Å². The van der Waals surface area contributed by atoms with Gasteiger partial charge >= 0.3 is 0 Å². The standard InChI is InChI=1S/C18H28N2O2/c1-14(2)20(12-15(3)21)18(22)17-8-6-7-16(11-17)13-19-9-4-5-10-19/h6-8,11,14-15,21H,4-5,9-10,12-13H2,1-3H3. The fourth-order valence-corrected chi connectivity index (χ4v) is 2.98. The fraction of sp³-hybridized carbons (Fsp3) is 0.611. The number of carbonyl (C=O) groups excluding carboxylic acids is 1. The summed E-state index contributed by atoms with van der Waals surface area (Å²) in [4.78, 5) is 16.9. The van der Waals surface area contributed by atoms with E-state index in [0.29, 0.717) is 12.1 Å². The molecule has 1 N–H and O–H groups in total. The number of benzene rings is 1. The van der Waals surface area contributed by atoms with E-state index in [9.17, 15) is 9.90 Å². The van der Waals surface area contributed by atoms with Gasteiger partial charge in [0.25, 0.3) is 5.91 Å². The Morgan fingerprint density at radius 1 is 1.27 bits per heavy atom. The summed E-state index contributed by atoms with van der Waals surface area (Å²) in [5.41, 5.74) is 1.90. The zero-order valence-electron chi connectivity index (χ0n) is 14.0. The van der Waals surface area contributed by atoms with E-state index < -0.39 is 6.10 Å². The monoisotopic (exact) mass is 304 g/mol. The zero-order chi connectivity index (χ0) is 16.1. The lowest BCUT2D eigenvalue weighted by Gasteiger charge is -2.28. The Morgan fingerprint density at radius 2 is 1.95 bits per heavy atom. The van der Waals surface area contributed by atoms with Crippen molar-refractivity contribution in [2.45, 2.75) is 52.3 Å². The SMILES string of the molecule is CC(O)CN(C(=O)c1cccc(CN2CCCC2)c1)C(C)C. The molecule has 0 spiro atoms. The zero-order valence-corrected chi connectivity index (χ0v) is 14.0. The lowest BCUT2D eigenvalue weighted by Crippen LogP contribution is -2.41. The predicted molar refractivity (Wildman–Crippen MR) is 88.8 cm³/mol. The Morgan fingerprint density at radius 3 is 2.55 bits per heavy atom. The number of hydrogen-bond acceptors (Lipinski definition) is 3. The molecule has 22 heavy (non-hydrogen) atoms. The number of amides is 1. The molecule has 1 saturated heterocycles. The molecule has 1 fully saturated rings. The molecule has 1 aromatic rings. The Balaban J connectivity index is 2.10. The van der Waals surface area contributed by atoms with Gasteiger partial charge in [-0.15, -0.1) is 0 Å². The highest BCUT2D eigenvalue weighted by molar-refractivity contribution is 5.94. The van der Waals surface area contributed by atoms with E-state index in [1.807, 2.05) is 32.0 Å². The van der Waals surface area contributed by atoms with Gasteiger partial charge < -0.3 is 10.0 Å². The van der Waals surface area contributed by atoms with Crippen LogP contribution >= 0.6 is 0 Å². The van der Waals surface area contributed by atoms with Gasteiger partial charge in [-0.05, 0) is 64.4 Å². The Labute approximate surface area is 133 Å². The maximum atomic E-state index is 12.7. The third-order valence-electron chi connectivity index (χ3n) is 4.12. The van der Waals surface area contributed by atoms with Crippen LogP contribution in [0.5, 0.6) is 0 Å². The summed E-state index contributed by atoms with van der Waals surface area (Å²) in [7, 11) is 0. The molecule has 0 saturated carbocycles. The summed E-state index contributed by atoms with van der Waals surface area (Å²) >= 11 is 0. The molecule has 1 amide bonds. The van der Waals surface area contributed by atoms with Gasteiger partial charge in [0.15, 0.2) is 0 Å². The summed E-state index contributed by atoms with van der Waals surface area (Å²) < 4.78 is 0. The molecule has 0 aromatic heterocycles. The molecule has 0 radical (unpaired) electrons. The predicted octanol–water partition coefficient (Wildman–Crippen LogP) is 2.51. The van der Waals surface area contributed by atoms with Gasteiger partial charge in [0.2, 0.25) is 0 Å². The van der Waals surface area contributed by atoms with Crippen molar-refractivity contribution in [3.8, 4) is 0 Å². The second kappa shape index (κ2) is 7.75. The molecule has 1 aromatic carbocycles. The number of hydrogen-bond donors (Lipinski definition) is 1. The van der Waals surface area contributed by atoms with Crippen LogP contribution in [-0.4, -0.2) is 52.6 Å². The van der Waals surface area contributed by atoms with Crippen LogP contribution in [0, 0.1) is 0 Å². The first kappa shape index (κ1) is 17.0. The van der Waals surface area contributed by atoms with Crippen LogP contribution < -0.4 is 0 Å². The summed E-state index contributed by atoms with van der Waals surface area (Å²) in [6.45, 7) is 9.26. The first-order valence-electron chi connectivity index (χ1n) is 8.27. The van der Waals surface area contributed by atoms with Gasteiger partial charge in [-0.2, -0.15) is 0 Å². The van der Waals surface area contributed by atoms with Crippen molar-refractivity contribution < 1.29 is 9.90 Å². The van der Waals surface area contributed by atoms with Crippen molar-refractivity contribution in [2.75, 3.05) is 19.6 Å². The third-order valence-corrected chi connectivity index (χ3v) is 4.12. The number of nitrogens with zero attached hydrogens (tertiary/aromatic N) is 2. The molecule has 4 heteroatoms. The molecular formula is C18H28N2O2. The van der Waals surface area contributed by atoms with Gasteiger partial charge in [-0.3, -0.25) is 9.69 Å². The molecule has 1 heterocycles. The number of aliphatic hydroxyl groups is 1. The quantitative estimate of drug-likeness (QED) is 0.878. The van der Waals surface area contributed by atoms with E-state index in [1.165, 1.54) is 18.4 Å². The molecule has 1 aliphatic heterocycles. The summed E-state index contributed by atoms with van der Waals surface area (Å²) in [5.74, 6) is -0.000767. The van der Waals surface area contributed by atoms with Gasteiger partial charge in [0, 0.05) is 24.7 Å². The van der Waals surface area contributed by atoms with E-state index in [0.717, 1.165) is 19.6 Å². The van der Waals surface area contributed by atoms with E-state index in [1.54, 1.807) is 11.8 Å². The Kier molecular flexibility index (Phi) is 5.98. The number of aliphatic hydroxyl groups excluding tert-OH is 1. The van der Waals surface area contributed by atoms with E-state index >= 15 is 0 Å². The highest BCUT2D eigenvalue weighted by Gasteiger charge is 2.21. The average molecular weight is 304 g/mol. The van der Waals surface area contributed by atoms with Crippen molar-refractivity contribution in [3.63, 3.8) is 0 Å². The van der Waals surface area contributed by atoms with E-state index in [4.69, 9.17) is 0 Å². The number of likely N-dealkylation sites (tertiary alicyclic amines) is 1. The molecule has 2 rings (SSSR count). The maximum absolute atomic E-state index is 12.7. The van der Waals surface area contributed by atoms with Crippen LogP contribution in [0.15, 0.2) is 24.3 Å². The maximum Gasteiger partial charge on any atom is 0.254 e. The number of rotatable bonds is 6. The lowest BCUT2D eigenvalue weighted by molar-refractivity contribution is 0.0578. The van der Waals surface area contributed by atoms with Crippen molar-refractivity contribution in [1.29, 1.82) is 0 Å². The van der Waals surface area contributed by atoms with Gasteiger partial charge in [-0.25, -0.2) is 0 Å². The molecule has 0 aliphatic carbocycles. The molecule has 122 valence electrons. The van der Waals surface area contributed by atoms with Crippen molar-refractivity contribution in [1.82, 2.24) is 9.80 Å². The molecular weight excluding hydrogens is 276 g/mol. The van der Waals surface area contributed by atoms with Crippen molar-refractivity contribution >= 4 is 5.91 Å². The highest BCUT2D eigenvalue weighted by atomic mass is 16.3. The molecule has 1 unspecified atom stereocenters. The van der Waals surface area contributed by atoms with Crippen molar-refractivity contribution in [2.24, 2.45) is 0 Å². The van der Waals surface area contributed by atoms with Crippen LogP contribution in [0.25, 0.3) is 0 Å². The smallest absolute Gasteiger partial charge is 0.254 e. The number of carbonyl (C=O) groups is 1. The van der Waals surface area contributed by atoms with Gasteiger partial charge in [0.05, 0.1) is 6.10 Å². The van der Waals surface area contributed by atoms with Crippen LogP contribution in [-0.2, 0) is 6.54 Å². The Hall–Kier alpha value is -1.39. The largest absolute Gasteiger partial charge is 0.392 e. The first-order chi connectivity index (χ1) is 10.5. The summed E-state index contributed by atoms with van der Waals surface area (Å²) in [6.07, 6.45) is 2.03. The fourth-order valence-electron chi connectivity index (χ4n) is 2.98. The van der Waals surface area contributed by atoms with E-state index in [2.05, 4.69) is 11.0 Å². The first-order valence-corrected chi connectivity index (χ1v) is 8.27. The van der Waals surface area contributed by atoms with Gasteiger partial charge in [-0.1, -0.05) is 12.1 Å². The topological polar surface area (TPSA) is 43.8 Å². The summed E-state index contributed by atoms with van der Waals surface area (Å²) in [6, 6.07) is 7.98. The minimum Gasteiger partial charge on any atom is -0.392 e. The van der Waals surface area contributed by atoms with Crippen LogP contribution in [0.4, 0.5) is 0 Å². The molecule has 4 nitrogen and oxygen atoms in total. The van der Waals surface area contributed by atoms with Crippen LogP contribution in [0.1, 0.15) is 49.5 Å². The van der Waals surface area contributed by atoms with Gasteiger partial charge in [0.1, 0.15) is 0 Å². The average Bonchev–Trinajstić information content (AvgIpc) is 2.97. The summed E-state index contributed by atoms with van der Waals surface area (Å²) in [5, 5.41) is 9.61. The Bertz CT molecular complexity index is 494.